The lowest BCUT2D eigenvalue weighted by atomic mass is 9.89. The first-order valence-corrected chi connectivity index (χ1v) is 6.69. The van der Waals surface area contributed by atoms with Crippen LogP contribution in [0.4, 0.5) is 5.69 Å². The molecule has 1 aromatic carbocycles. The number of hydrogen-bond acceptors (Lipinski definition) is 4. The van der Waals surface area contributed by atoms with Gasteiger partial charge in [0.15, 0.2) is 0 Å². The van der Waals surface area contributed by atoms with Gasteiger partial charge in [-0.2, -0.15) is 5.10 Å². The van der Waals surface area contributed by atoms with Crippen LogP contribution in [-0.4, -0.2) is 16.5 Å². The summed E-state index contributed by atoms with van der Waals surface area (Å²) in [4.78, 5) is 22.1. The first-order chi connectivity index (χ1) is 9.58. The zero-order valence-electron chi connectivity index (χ0n) is 11.3. The van der Waals surface area contributed by atoms with Crippen molar-refractivity contribution in [1.29, 1.82) is 0 Å². The summed E-state index contributed by atoms with van der Waals surface area (Å²) in [5.74, 6) is -0.0341. The molecule has 0 radical (unpaired) electrons. The van der Waals surface area contributed by atoms with Gasteiger partial charge >= 0.3 is 0 Å². The third-order valence-electron chi connectivity index (χ3n) is 3.51. The highest BCUT2D eigenvalue weighted by molar-refractivity contribution is 5.96. The normalized spacial score (nSPS) is 20.6. The molecule has 0 unspecified atom stereocenters. The molecule has 0 spiro atoms. The first-order valence-electron chi connectivity index (χ1n) is 6.69. The van der Waals surface area contributed by atoms with E-state index in [1.54, 1.807) is 0 Å². The van der Waals surface area contributed by atoms with Crippen molar-refractivity contribution in [2.45, 2.75) is 32.6 Å². The van der Waals surface area contributed by atoms with Gasteiger partial charge in [-0.25, -0.2) is 5.43 Å². The van der Waals surface area contributed by atoms with Crippen molar-refractivity contribution in [1.82, 2.24) is 5.43 Å². The van der Waals surface area contributed by atoms with Crippen LogP contribution >= 0.6 is 0 Å². The summed E-state index contributed by atoms with van der Waals surface area (Å²) in [7, 11) is 0. The van der Waals surface area contributed by atoms with E-state index in [4.69, 9.17) is 0 Å². The molecule has 20 heavy (non-hydrogen) atoms. The average Bonchev–Trinajstić information content (AvgIpc) is 2.46. The number of nitrogens with zero attached hydrogens (tertiary/aromatic N) is 2. The van der Waals surface area contributed by atoms with Crippen LogP contribution in [0.3, 0.4) is 0 Å². The Morgan fingerprint density at radius 3 is 2.95 bits per heavy atom. The number of benzene rings is 1. The van der Waals surface area contributed by atoms with E-state index in [1.165, 1.54) is 30.7 Å². The standard InChI is InChI=1S/C14H17N3O3/c1-10-5-2-3-8-13(10)15-16-14(18)11-6-4-7-12(9-11)17(19)20/h4,6-7,9-10H,2-3,5,8H2,1H3,(H,16,18)/b15-13-/t10-/m1/s1. The lowest BCUT2D eigenvalue weighted by Gasteiger charge is -2.19. The van der Waals surface area contributed by atoms with Crippen molar-refractivity contribution in [2.75, 3.05) is 0 Å². The Balaban J connectivity index is 2.06. The number of carbonyl (C=O) groups excluding carboxylic acids is 1. The minimum absolute atomic E-state index is 0.101. The van der Waals surface area contributed by atoms with Crippen LogP contribution in [0.2, 0.25) is 0 Å². The molecule has 2 rings (SSSR count). The zero-order chi connectivity index (χ0) is 14.5. The molecule has 1 fully saturated rings. The summed E-state index contributed by atoms with van der Waals surface area (Å²) in [5, 5.41) is 14.8. The second kappa shape index (κ2) is 6.27. The SMILES string of the molecule is C[C@@H]1CCCC/C1=N/NC(=O)c1cccc([N+](=O)[O-])c1. The molecule has 1 N–H and O–H groups in total. The highest BCUT2D eigenvalue weighted by Gasteiger charge is 2.17. The van der Waals surface area contributed by atoms with E-state index in [0.29, 0.717) is 5.92 Å². The fourth-order valence-electron chi connectivity index (χ4n) is 2.28. The molecule has 6 nitrogen and oxygen atoms in total. The summed E-state index contributed by atoms with van der Waals surface area (Å²) in [6, 6.07) is 5.63. The lowest BCUT2D eigenvalue weighted by molar-refractivity contribution is -0.384. The molecule has 0 saturated heterocycles. The molecule has 1 atom stereocenters. The number of non-ortho nitro benzene ring substituents is 1. The molecule has 0 bridgehead atoms. The van der Waals surface area contributed by atoms with Crippen LogP contribution in [0.5, 0.6) is 0 Å². The molecule has 1 aliphatic carbocycles. The Hall–Kier alpha value is -2.24. The van der Waals surface area contributed by atoms with Gasteiger partial charge in [-0.1, -0.05) is 19.4 Å². The van der Waals surface area contributed by atoms with Gasteiger partial charge in [0.05, 0.1) is 4.92 Å². The maximum Gasteiger partial charge on any atom is 0.271 e. The van der Waals surface area contributed by atoms with Crippen molar-refractivity contribution < 1.29 is 9.72 Å². The van der Waals surface area contributed by atoms with Crippen LogP contribution in [0.15, 0.2) is 29.4 Å². The smallest absolute Gasteiger partial charge is 0.267 e. The van der Waals surface area contributed by atoms with Crippen LogP contribution in [0.1, 0.15) is 43.0 Å². The van der Waals surface area contributed by atoms with E-state index in [0.717, 1.165) is 25.0 Å². The first kappa shape index (κ1) is 14.2. The molecular weight excluding hydrogens is 258 g/mol. The minimum atomic E-state index is -0.522. The monoisotopic (exact) mass is 275 g/mol. The minimum Gasteiger partial charge on any atom is -0.267 e. The largest absolute Gasteiger partial charge is 0.271 e. The second-order valence-corrected chi connectivity index (χ2v) is 5.00. The summed E-state index contributed by atoms with van der Waals surface area (Å²) in [5.41, 5.74) is 3.63. The number of carbonyl (C=O) groups is 1. The highest BCUT2D eigenvalue weighted by Crippen LogP contribution is 2.20. The summed E-state index contributed by atoms with van der Waals surface area (Å²) in [6.07, 6.45) is 4.27. The molecule has 0 aromatic heterocycles. The molecule has 6 heteroatoms. The van der Waals surface area contributed by atoms with Crippen LogP contribution in [0, 0.1) is 16.0 Å². The molecular formula is C14H17N3O3. The number of hydrazone groups is 1. The summed E-state index contributed by atoms with van der Waals surface area (Å²) < 4.78 is 0. The Kier molecular flexibility index (Phi) is 4.45. The maximum absolute atomic E-state index is 11.9. The van der Waals surface area contributed by atoms with E-state index in [1.807, 2.05) is 0 Å². The number of rotatable bonds is 3. The van der Waals surface area contributed by atoms with Crippen LogP contribution < -0.4 is 5.43 Å². The predicted molar refractivity (Wildman–Crippen MR) is 75.6 cm³/mol. The van der Waals surface area contributed by atoms with Gasteiger partial charge in [0.1, 0.15) is 0 Å². The molecule has 0 aliphatic heterocycles. The molecule has 1 saturated carbocycles. The van der Waals surface area contributed by atoms with Crippen molar-refractivity contribution in [3.8, 4) is 0 Å². The fraction of sp³-hybridized carbons (Fsp3) is 0.429. The number of nitro groups is 1. The average molecular weight is 275 g/mol. The van der Waals surface area contributed by atoms with Gasteiger partial charge in [0.2, 0.25) is 0 Å². The van der Waals surface area contributed by atoms with E-state index < -0.39 is 10.8 Å². The Morgan fingerprint density at radius 2 is 2.25 bits per heavy atom. The van der Waals surface area contributed by atoms with Gasteiger partial charge in [-0.3, -0.25) is 14.9 Å². The topological polar surface area (TPSA) is 84.6 Å². The molecule has 1 aliphatic rings. The summed E-state index contributed by atoms with van der Waals surface area (Å²) in [6.45, 7) is 2.09. The van der Waals surface area contributed by atoms with Gasteiger partial charge in [0.25, 0.3) is 11.6 Å². The molecule has 1 amide bonds. The third kappa shape index (κ3) is 3.40. The third-order valence-corrected chi connectivity index (χ3v) is 3.51. The van der Waals surface area contributed by atoms with Crippen molar-refractivity contribution >= 4 is 17.3 Å². The summed E-state index contributed by atoms with van der Waals surface area (Å²) >= 11 is 0. The zero-order valence-corrected chi connectivity index (χ0v) is 11.3. The maximum atomic E-state index is 11.9. The van der Waals surface area contributed by atoms with E-state index in [9.17, 15) is 14.9 Å². The fourth-order valence-corrected chi connectivity index (χ4v) is 2.28. The molecule has 1 aromatic rings. The molecule has 106 valence electrons. The number of hydrogen-bond donors (Lipinski definition) is 1. The Labute approximate surface area is 117 Å². The number of nitro benzene ring substituents is 1. The number of nitrogens with one attached hydrogen (secondary N) is 1. The van der Waals surface area contributed by atoms with E-state index >= 15 is 0 Å². The number of amides is 1. The predicted octanol–water partition coefficient (Wildman–Crippen LogP) is 2.89. The van der Waals surface area contributed by atoms with Crippen LogP contribution in [-0.2, 0) is 0 Å². The van der Waals surface area contributed by atoms with E-state index in [-0.39, 0.29) is 11.3 Å². The van der Waals surface area contributed by atoms with Gasteiger partial charge in [0, 0.05) is 23.4 Å². The second-order valence-electron chi connectivity index (χ2n) is 5.00. The van der Waals surface area contributed by atoms with E-state index in [2.05, 4.69) is 17.5 Å². The Morgan fingerprint density at radius 1 is 1.45 bits per heavy atom. The Bertz CT molecular complexity index is 554. The van der Waals surface area contributed by atoms with Crippen molar-refractivity contribution in [2.24, 2.45) is 11.0 Å². The van der Waals surface area contributed by atoms with Crippen LogP contribution in [0.25, 0.3) is 0 Å². The quantitative estimate of drug-likeness (QED) is 0.680. The lowest BCUT2D eigenvalue weighted by Crippen LogP contribution is -2.24. The van der Waals surface area contributed by atoms with Crippen molar-refractivity contribution in [3.63, 3.8) is 0 Å². The van der Waals surface area contributed by atoms with Gasteiger partial charge < -0.3 is 0 Å². The van der Waals surface area contributed by atoms with Gasteiger partial charge in [-0.15, -0.1) is 0 Å². The van der Waals surface area contributed by atoms with Crippen molar-refractivity contribution in [3.05, 3.63) is 39.9 Å². The van der Waals surface area contributed by atoms with Gasteiger partial charge in [-0.05, 0) is 31.2 Å². The highest BCUT2D eigenvalue weighted by atomic mass is 16.6. The molecule has 0 heterocycles.